The number of hydrogen-bond donors (Lipinski definition) is 3. The van der Waals surface area contributed by atoms with E-state index < -0.39 is 54.5 Å². The van der Waals surface area contributed by atoms with E-state index in [2.05, 4.69) is 10.3 Å². The number of carbonyl (C=O) groups is 2. The fourth-order valence-corrected chi connectivity index (χ4v) is 3.81. The van der Waals surface area contributed by atoms with Gasteiger partial charge in [0, 0.05) is 28.9 Å². The highest BCUT2D eigenvalue weighted by atomic mass is 19.4. The molecule has 184 valence electrons. The van der Waals surface area contributed by atoms with Crippen molar-refractivity contribution in [2.24, 2.45) is 5.73 Å². The van der Waals surface area contributed by atoms with Gasteiger partial charge in [-0.3, -0.25) is 14.6 Å². The number of aliphatic hydroxyl groups is 1. The molecule has 1 aromatic carbocycles. The first-order chi connectivity index (χ1) is 15.9. The van der Waals surface area contributed by atoms with Crippen molar-refractivity contribution in [1.82, 2.24) is 4.98 Å². The summed E-state index contributed by atoms with van der Waals surface area (Å²) in [5.74, 6) is -3.67. The monoisotopic (exact) mass is 485 g/mol. The predicted molar refractivity (Wildman–Crippen MR) is 112 cm³/mol. The van der Waals surface area contributed by atoms with Crippen LogP contribution < -0.4 is 15.8 Å². The Morgan fingerprint density at radius 2 is 2.06 bits per heavy atom. The van der Waals surface area contributed by atoms with Crippen molar-refractivity contribution in [1.29, 1.82) is 0 Å². The average Bonchev–Trinajstić information content (AvgIpc) is 3.14. The number of benzene rings is 1. The summed E-state index contributed by atoms with van der Waals surface area (Å²) in [4.78, 5) is 28.2. The van der Waals surface area contributed by atoms with Crippen molar-refractivity contribution in [3.8, 4) is 5.75 Å². The molecule has 2 amide bonds. The maximum absolute atomic E-state index is 14.2. The lowest BCUT2D eigenvalue weighted by Gasteiger charge is -2.27. The van der Waals surface area contributed by atoms with Gasteiger partial charge in [-0.2, -0.15) is 13.2 Å². The number of hydrogen-bond acceptors (Lipinski definition) is 6. The maximum Gasteiger partial charge on any atom is 0.417 e. The molecule has 0 saturated carbocycles. The Bertz CT molecular complexity index is 1090. The quantitative estimate of drug-likeness (QED) is 0.519. The smallest absolute Gasteiger partial charge is 0.417 e. The molecule has 2 heterocycles. The van der Waals surface area contributed by atoms with Gasteiger partial charge >= 0.3 is 6.18 Å². The Labute approximate surface area is 192 Å². The van der Waals surface area contributed by atoms with Crippen LogP contribution in [0, 0.1) is 12.7 Å². The second-order valence-corrected chi connectivity index (χ2v) is 8.02. The molecule has 1 aliphatic rings. The Morgan fingerprint density at radius 3 is 2.68 bits per heavy atom. The van der Waals surface area contributed by atoms with Crippen molar-refractivity contribution in [3.63, 3.8) is 0 Å². The number of halogens is 4. The minimum Gasteiger partial charge on any atom is -0.491 e. The highest BCUT2D eigenvalue weighted by Crippen LogP contribution is 2.51. The summed E-state index contributed by atoms with van der Waals surface area (Å²) in [5, 5.41) is 11.5. The largest absolute Gasteiger partial charge is 0.491 e. The number of rotatable bonds is 7. The van der Waals surface area contributed by atoms with Gasteiger partial charge in [-0.05, 0) is 38.5 Å². The molecule has 34 heavy (non-hydrogen) atoms. The number of nitrogens with two attached hydrogens (primary N) is 1. The van der Waals surface area contributed by atoms with Gasteiger partial charge in [0.15, 0.2) is 5.60 Å². The lowest BCUT2D eigenvalue weighted by atomic mass is 9.85. The molecular formula is C22H23F4N3O5. The van der Waals surface area contributed by atoms with E-state index >= 15 is 0 Å². The van der Waals surface area contributed by atoms with Gasteiger partial charge in [0.1, 0.15) is 30.0 Å². The Balaban J connectivity index is 2.02. The number of alkyl halides is 3. The number of amides is 2. The van der Waals surface area contributed by atoms with E-state index in [9.17, 15) is 27.2 Å². The minimum atomic E-state index is -4.81. The molecular weight excluding hydrogens is 462 g/mol. The molecule has 4 N–H and O–H groups in total. The van der Waals surface area contributed by atoms with Gasteiger partial charge in [0.2, 0.25) is 0 Å². The summed E-state index contributed by atoms with van der Waals surface area (Å²) in [6.45, 7) is 1.56. The lowest BCUT2D eigenvalue weighted by Crippen LogP contribution is -2.43. The number of nitrogens with one attached hydrogen (secondary N) is 1. The fraction of sp³-hybridized carbons (Fsp3) is 0.409. The minimum absolute atomic E-state index is 0.0194. The second kappa shape index (κ2) is 9.55. The third kappa shape index (κ3) is 4.97. The molecule has 0 bridgehead atoms. The van der Waals surface area contributed by atoms with E-state index in [-0.39, 0.29) is 34.9 Å². The van der Waals surface area contributed by atoms with Crippen LogP contribution >= 0.6 is 0 Å². The zero-order valence-electron chi connectivity index (χ0n) is 18.3. The number of anilines is 1. The molecule has 1 saturated heterocycles. The number of aromatic nitrogens is 1. The summed E-state index contributed by atoms with van der Waals surface area (Å²) in [6, 6.07) is 4.81. The van der Waals surface area contributed by atoms with Crippen LogP contribution in [0.4, 0.5) is 23.2 Å². The predicted octanol–water partition coefficient (Wildman–Crippen LogP) is 2.83. The number of nitrogens with zero attached hydrogens (tertiary/aromatic N) is 1. The first-order valence-corrected chi connectivity index (χ1v) is 10.2. The number of ether oxygens (including phenoxy) is 2. The number of primary amides is 1. The molecule has 8 nitrogen and oxygen atoms in total. The van der Waals surface area contributed by atoms with Crippen molar-refractivity contribution in [2.75, 3.05) is 18.5 Å². The third-order valence-corrected chi connectivity index (χ3v) is 5.61. The summed E-state index contributed by atoms with van der Waals surface area (Å²) in [6.07, 6.45) is -5.89. The van der Waals surface area contributed by atoms with Gasteiger partial charge in [0.05, 0.1) is 6.61 Å². The maximum atomic E-state index is 14.2. The number of carbonyl (C=O) groups excluding carboxylic acids is 2. The summed E-state index contributed by atoms with van der Waals surface area (Å²) in [5.41, 5.74) is 2.57. The first-order valence-electron chi connectivity index (χ1n) is 10.2. The Hall–Kier alpha value is -3.25. The van der Waals surface area contributed by atoms with Crippen LogP contribution in [-0.4, -0.2) is 53.0 Å². The van der Waals surface area contributed by atoms with Gasteiger partial charge in [-0.25, -0.2) is 4.39 Å². The van der Waals surface area contributed by atoms with Crippen LogP contribution in [0.15, 0.2) is 30.5 Å². The van der Waals surface area contributed by atoms with E-state index in [1.807, 2.05) is 0 Å². The molecule has 0 unspecified atom stereocenters. The zero-order valence-corrected chi connectivity index (χ0v) is 18.3. The highest BCUT2D eigenvalue weighted by molar-refractivity contribution is 5.97. The van der Waals surface area contributed by atoms with Crippen LogP contribution in [0.25, 0.3) is 0 Å². The molecule has 2 aromatic rings. The van der Waals surface area contributed by atoms with Crippen LogP contribution in [0.3, 0.4) is 0 Å². The van der Waals surface area contributed by atoms with Crippen molar-refractivity contribution >= 4 is 17.5 Å². The van der Waals surface area contributed by atoms with E-state index in [1.54, 1.807) is 0 Å². The molecule has 1 aromatic heterocycles. The molecule has 0 aliphatic carbocycles. The Morgan fingerprint density at radius 1 is 1.35 bits per heavy atom. The molecule has 0 radical (unpaired) electrons. The van der Waals surface area contributed by atoms with Crippen LogP contribution in [0.2, 0.25) is 0 Å². The molecule has 3 atom stereocenters. The van der Waals surface area contributed by atoms with Crippen LogP contribution in [0.5, 0.6) is 5.75 Å². The average molecular weight is 485 g/mol. The molecule has 3 rings (SSSR count). The van der Waals surface area contributed by atoms with Crippen molar-refractivity contribution in [2.45, 2.75) is 44.1 Å². The first kappa shape index (κ1) is 25.4. The third-order valence-electron chi connectivity index (χ3n) is 5.61. The number of pyridine rings is 1. The molecule has 12 heteroatoms. The van der Waals surface area contributed by atoms with E-state index in [1.165, 1.54) is 31.3 Å². The number of aliphatic hydroxyl groups excluding tert-OH is 1. The lowest BCUT2D eigenvalue weighted by molar-refractivity contribution is -0.261. The van der Waals surface area contributed by atoms with E-state index in [0.29, 0.717) is 0 Å². The van der Waals surface area contributed by atoms with Crippen LogP contribution in [0.1, 0.15) is 40.9 Å². The topological polar surface area (TPSA) is 124 Å². The normalized spacial score (nSPS) is 22.4. The van der Waals surface area contributed by atoms with Crippen LogP contribution in [-0.2, 0) is 9.53 Å². The standard InChI is InChI=1S/C22H23F4N3O5/c1-11-15(23)4-3-13(17(11)33-8-7-30)14-10-21(2,22(24,25)26)34-18(14)20(32)29-12-5-6-28-16(9-12)19(27)31/h3-6,9,14,18,30H,7-8,10H2,1-2H3,(H2,27,31)(H,28,29,32)/t14-,18+,21+/m1/s1. The Kier molecular flexibility index (Phi) is 7.13. The molecule has 1 aliphatic heterocycles. The van der Waals surface area contributed by atoms with Gasteiger partial charge in [-0.1, -0.05) is 6.07 Å². The zero-order chi connectivity index (χ0) is 25.3. The van der Waals surface area contributed by atoms with Gasteiger partial charge in [0.25, 0.3) is 11.8 Å². The summed E-state index contributed by atoms with van der Waals surface area (Å²) < 4.78 is 66.4. The molecule has 1 fully saturated rings. The summed E-state index contributed by atoms with van der Waals surface area (Å²) >= 11 is 0. The fourth-order valence-electron chi connectivity index (χ4n) is 3.81. The van der Waals surface area contributed by atoms with Gasteiger partial charge in [-0.15, -0.1) is 0 Å². The van der Waals surface area contributed by atoms with Gasteiger partial charge < -0.3 is 25.6 Å². The highest BCUT2D eigenvalue weighted by Gasteiger charge is 2.61. The second-order valence-electron chi connectivity index (χ2n) is 8.02. The van der Waals surface area contributed by atoms with Crippen molar-refractivity contribution < 1.29 is 41.7 Å². The van der Waals surface area contributed by atoms with Crippen molar-refractivity contribution in [3.05, 3.63) is 53.1 Å². The summed E-state index contributed by atoms with van der Waals surface area (Å²) in [7, 11) is 0. The molecule has 0 spiro atoms. The van der Waals surface area contributed by atoms with E-state index in [4.69, 9.17) is 20.3 Å². The van der Waals surface area contributed by atoms with E-state index in [0.717, 1.165) is 13.0 Å². The SMILES string of the molecule is Cc1c(F)ccc([C@H]2C[C@@](C)(C(F)(F)F)O[C@@H]2C(=O)Nc2ccnc(C(N)=O)c2)c1OCCO.